The molecule has 0 radical (unpaired) electrons. The first-order valence-electron chi connectivity index (χ1n) is 13.0. The Morgan fingerprint density at radius 1 is 0.850 bits per heavy atom. The zero-order chi connectivity index (χ0) is 27.2. The van der Waals surface area contributed by atoms with E-state index in [0.29, 0.717) is 33.1 Å². The van der Waals surface area contributed by atoms with Crippen molar-refractivity contribution in [1.29, 1.82) is 0 Å². The number of carbonyl (C=O) groups excluding carboxylic acids is 2. The second-order valence-corrected chi connectivity index (χ2v) is 13.1. The van der Waals surface area contributed by atoms with E-state index in [1.807, 2.05) is 17.8 Å². The third-order valence-electron chi connectivity index (χ3n) is 7.32. The average molecular weight is 581 g/mol. The number of benzene rings is 3. The fourth-order valence-electron chi connectivity index (χ4n) is 5.41. The quantitative estimate of drug-likeness (QED) is 0.134. The van der Waals surface area contributed by atoms with E-state index < -0.39 is 0 Å². The number of thiophene rings is 1. The Balaban J connectivity index is 1.18. The van der Waals surface area contributed by atoms with Crippen molar-refractivity contribution in [2.45, 2.75) is 22.1 Å². The van der Waals surface area contributed by atoms with Gasteiger partial charge in [-0.2, -0.15) is 0 Å². The van der Waals surface area contributed by atoms with Crippen LogP contribution in [0.4, 0.5) is 5.82 Å². The van der Waals surface area contributed by atoms with Gasteiger partial charge in [-0.3, -0.25) is 14.5 Å². The number of nitrogens with zero attached hydrogens (tertiary/aromatic N) is 3. The number of amides is 2. The van der Waals surface area contributed by atoms with Crippen LogP contribution in [0.5, 0.6) is 0 Å². The molecule has 2 atom stereocenters. The molecule has 9 heteroatoms. The molecule has 2 aromatic heterocycles. The van der Waals surface area contributed by atoms with Crippen LogP contribution in [0.3, 0.4) is 0 Å². The molecular formula is C31H24N4O2S3. The largest absolute Gasteiger partial charge is 0.383 e. The maximum Gasteiger partial charge on any atom is 0.261 e. The lowest BCUT2D eigenvalue weighted by Gasteiger charge is -2.30. The van der Waals surface area contributed by atoms with Gasteiger partial charge in [0, 0.05) is 22.4 Å². The van der Waals surface area contributed by atoms with Crippen LogP contribution in [0, 0.1) is 0 Å². The number of aromatic nitrogens is 2. The minimum atomic E-state index is -0.250. The second-order valence-electron chi connectivity index (χ2n) is 9.70. The highest BCUT2D eigenvalue weighted by Gasteiger charge is 2.36. The predicted octanol–water partition coefficient (Wildman–Crippen LogP) is 6.78. The number of hydrogen-bond donors (Lipinski definition) is 1. The summed E-state index contributed by atoms with van der Waals surface area (Å²) in [4.78, 5) is 38.5. The summed E-state index contributed by atoms with van der Waals surface area (Å²) in [5.41, 5.74) is 11.3. The minimum absolute atomic E-state index is 0.179. The highest BCUT2D eigenvalue weighted by atomic mass is 32.2. The van der Waals surface area contributed by atoms with E-state index >= 15 is 0 Å². The molecule has 7 rings (SSSR count). The Kier molecular flexibility index (Phi) is 6.57. The first-order chi connectivity index (χ1) is 19.6. The highest BCUT2D eigenvalue weighted by molar-refractivity contribution is 8.00. The first-order valence-corrected chi connectivity index (χ1v) is 15.7. The van der Waals surface area contributed by atoms with Gasteiger partial charge in [0.2, 0.25) is 0 Å². The van der Waals surface area contributed by atoms with Gasteiger partial charge in [-0.15, -0.1) is 23.1 Å². The number of carbonyl (C=O) groups is 2. The van der Waals surface area contributed by atoms with Crippen LogP contribution < -0.4 is 5.73 Å². The molecule has 2 aliphatic heterocycles. The van der Waals surface area contributed by atoms with Crippen molar-refractivity contribution in [2.24, 2.45) is 0 Å². The third-order valence-corrected chi connectivity index (χ3v) is 11.0. The second kappa shape index (κ2) is 10.4. The smallest absolute Gasteiger partial charge is 0.261 e. The summed E-state index contributed by atoms with van der Waals surface area (Å²) in [6.07, 6.45) is 0.868. The van der Waals surface area contributed by atoms with Crippen LogP contribution in [0.25, 0.3) is 10.2 Å². The van der Waals surface area contributed by atoms with Crippen molar-refractivity contribution in [3.8, 4) is 0 Å². The molecule has 0 aliphatic carbocycles. The lowest BCUT2D eigenvalue weighted by Crippen LogP contribution is -2.31. The molecule has 0 saturated carbocycles. The van der Waals surface area contributed by atoms with Gasteiger partial charge in [0.1, 0.15) is 10.6 Å². The van der Waals surface area contributed by atoms with Gasteiger partial charge in [0.15, 0.2) is 5.16 Å². The standard InChI is InChI=1S/C31H24N4O2S3/c32-27-24-22-17-23(18-9-3-1-4-10-18)39-25(19-11-5-2-6-12-19)26(22)40-28(24)34-31(33-27)38-16-15-35-29(36)20-13-7-8-14-21(20)30(35)37/h1-14,23,25H,15-17H2,(H2,32,33,34)/t23-,25-/m1/s1. The molecule has 0 bridgehead atoms. The van der Waals surface area contributed by atoms with E-state index in [2.05, 4.69) is 59.6 Å². The van der Waals surface area contributed by atoms with Gasteiger partial charge in [-0.05, 0) is 35.2 Å². The third kappa shape index (κ3) is 4.38. The number of imide groups is 1. The number of anilines is 1. The fourth-order valence-corrected chi connectivity index (χ4v) is 9.27. The van der Waals surface area contributed by atoms with Crippen molar-refractivity contribution in [3.63, 3.8) is 0 Å². The lowest BCUT2D eigenvalue weighted by molar-refractivity contribution is 0.0664. The Labute approximate surface area is 244 Å². The summed E-state index contributed by atoms with van der Waals surface area (Å²) >= 11 is 5.08. The van der Waals surface area contributed by atoms with Crippen LogP contribution in [-0.4, -0.2) is 39.0 Å². The first kappa shape index (κ1) is 25.3. The van der Waals surface area contributed by atoms with E-state index in [9.17, 15) is 9.59 Å². The van der Waals surface area contributed by atoms with Gasteiger partial charge < -0.3 is 5.73 Å². The summed E-state index contributed by atoms with van der Waals surface area (Å²) in [6, 6.07) is 28.2. The zero-order valence-electron chi connectivity index (χ0n) is 21.3. The van der Waals surface area contributed by atoms with E-state index in [0.717, 1.165) is 16.6 Å². The van der Waals surface area contributed by atoms with Crippen molar-refractivity contribution >= 4 is 62.7 Å². The molecule has 6 nitrogen and oxygen atoms in total. The topological polar surface area (TPSA) is 89.2 Å². The number of fused-ring (bicyclic) bond motifs is 4. The summed E-state index contributed by atoms with van der Waals surface area (Å²) in [5.74, 6) is 0.470. The number of hydrogen-bond acceptors (Lipinski definition) is 8. The summed E-state index contributed by atoms with van der Waals surface area (Å²) in [6.45, 7) is 0.282. The van der Waals surface area contributed by atoms with Crippen LogP contribution in [0.15, 0.2) is 90.1 Å². The number of thioether (sulfide) groups is 2. The van der Waals surface area contributed by atoms with Gasteiger partial charge in [0.05, 0.1) is 21.8 Å². The van der Waals surface area contributed by atoms with Crippen molar-refractivity contribution in [2.75, 3.05) is 18.0 Å². The number of rotatable bonds is 6. The molecule has 0 unspecified atom stereocenters. The molecule has 0 saturated heterocycles. The van der Waals surface area contributed by atoms with Crippen LogP contribution in [-0.2, 0) is 6.42 Å². The zero-order valence-corrected chi connectivity index (χ0v) is 23.8. The van der Waals surface area contributed by atoms with E-state index in [1.165, 1.54) is 38.2 Å². The Morgan fingerprint density at radius 2 is 1.48 bits per heavy atom. The van der Waals surface area contributed by atoms with Crippen LogP contribution in [0.1, 0.15) is 52.8 Å². The van der Waals surface area contributed by atoms with Crippen LogP contribution in [0.2, 0.25) is 0 Å². The summed E-state index contributed by atoms with van der Waals surface area (Å²) in [7, 11) is 0. The normalized spacial score (nSPS) is 18.2. The molecule has 2 aliphatic rings. The minimum Gasteiger partial charge on any atom is -0.383 e. The number of nitrogen functional groups attached to an aromatic ring is 1. The summed E-state index contributed by atoms with van der Waals surface area (Å²) in [5, 5.41) is 1.99. The molecule has 3 aromatic carbocycles. The molecule has 198 valence electrons. The molecule has 5 aromatic rings. The van der Waals surface area contributed by atoms with E-state index in [4.69, 9.17) is 10.7 Å². The molecule has 2 amide bonds. The Hall–Kier alpha value is -3.66. The molecular weight excluding hydrogens is 557 g/mol. The van der Waals surface area contributed by atoms with Crippen molar-refractivity contribution < 1.29 is 9.59 Å². The maximum atomic E-state index is 12.7. The van der Waals surface area contributed by atoms with Crippen LogP contribution >= 0.6 is 34.9 Å². The van der Waals surface area contributed by atoms with Gasteiger partial charge in [-0.25, -0.2) is 9.97 Å². The van der Waals surface area contributed by atoms with Gasteiger partial charge in [0.25, 0.3) is 11.8 Å². The molecule has 0 fully saturated rings. The fraction of sp³-hybridized carbons (Fsp3) is 0.161. The van der Waals surface area contributed by atoms with Crippen molar-refractivity contribution in [3.05, 3.63) is 118 Å². The van der Waals surface area contributed by atoms with Gasteiger partial charge in [-0.1, -0.05) is 84.6 Å². The molecule has 40 heavy (non-hydrogen) atoms. The Morgan fingerprint density at radius 3 is 2.15 bits per heavy atom. The average Bonchev–Trinajstić information content (AvgIpc) is 3.48. The Bertz CT molecular complexity index is 1720. The maximum absolute atomic E-state index is 12.7. The van der Waals surface area contributed by atoms with E-state index in [1.54, 1.807) is 35.6 Å². The lowest BCUT2D eigenvalue weighted by atomic mass is 9.98. The number of nitrogens with two attached hydrogens (primary N) is 1. The molecule has 0 spiro atoms. The SMILES string of the molecule is Nc1nc(SCCN2C(=O)c3ccccc3C2=O)nc2sc3c(c12)C[C@H](c1ccccc1)S[C@@H]3c1ccccc1. The summed E-state index contributed by atoms with van der Waals surface area (Å²) < 4.78 is 0. The molecule has 2 N–H and O–H groups in total. The van der Waals surface area contributed by atoms with Crippen molar-refractivity contribution in [1.82, 2.24) is 14.9 Å². The predicted molar refractivity (Wildman–Crippen MR) is 163 cm³/mol. The molecule has 4 heterocycles. The highest BCUT2D eigenvalue weighted by Crippen LogP contribution is 2.55. The van der Waals surface area contributed by atoms with Gasteiger partial charge >= 0.3 is 0 Å². The monoisotopic (exact) mass is 580 g/mol. The van der Waals surface area contributed by atoms with E-state index in [-0.39, 0.29) is 23.6 Å².